The van der Waals surface area contributed by atoms with Crippen LogP contribution in [0.3, 0.4) is 0 Å². The molecule has 0 N–H and O–H groups in total. The third-order valence-electron chi connectivity index (χ3n) is 0.624. The van der Waals surface area contributed by atoms with Crippen LogP contribution in [0.15, 0.2) is 0 Å². The van der Waals surface area contributed by atoms with Crippen molar-refractivity contribution in [2.45, 2.75) is 19.3 Å². The van der Waals surface area contributed by atoms with Crippen molar-refractivity contribution >= 4 is 12.6 Å². The first-order valence-electron chi connectivity index (χ1n) is 2.31. The molecule has 0 fully saturated rings. The van der Waals surface area contributed by atoms with Crippen LogP contribution in [0.2, 0.25) is 0 Å². The third-order valence-corrected chi connectivity index (χ3v) is 0.768. The monoisotopic (exact) mass is 112 g/mol. The largest absolute Gasteiger partial charge is 0.0865 e. The lowest BCUT2D eigenvalue weighted by Crippen LogP contribution is -1.64. The van der Waals surface area contributed by atoms with E-state index in [1.807, 2.05) is 0 Å². The minimum atomic E-state index is 0.910. The van der Waals surface area contributed by atoms with Gasteiger partial charge in [-0.1, -0.05) is 19.3 Å². The van der Waals surface area contributed by atoms with Crippen LogP contribution in [0.4, 0.5) is 0 Å². The minimum Gasteiger partial charge on any atom is -0.0865 e. The Morgan fingerprint density at radius 1 is 1.57 bits per heavy atom. The predicted octanol–water partition coefficient (Wildman–Crippen LogP) is 2.15. The normalized spacial score (nSPS) is 7.00. The highest BCUT2D eigenvalue weighted by atomic mass is 32.1. The van der Waals surface area contributed by atoms with Crippen LogP contribution in [0, 0.1) is 18.1 Å². The van der Waals surface area contributed by atoms with Crippen LogP contribution in [-0.4, -0.2) is 0 Å². The first kappa shape index (κ1) is 6.78. The van der Waals surface area contributed by atoms with Gasteiger partial charge in [0.05, 0.1) is 0 Å². The summed E-state index contributed by atoms with van der Waals surface area (Å²) in [6, 6.07) is 0. The second-order valence-corrected chi connectivity index (χ2v) is 1.44. The molecule has 0 nitrogen and oxygen atoms in total. The van der Waals surface area contributed by atoms with Crippen LogP contribution < -0.4 is 0 Å². The summed E-state index contributed by atoms with van der Waals surface area (Å²) in [5, 5.41) is 2.41. The zero-order chi connectivity index (χ0) is 5.54. The summed E-state index contributed by atoms with van der Waals surface area (Å²) >= 11 is 4.38. The van der Waals surface area contributed by atoms with E-state index >= 15 is 0 Å². The lowest BCUT2D eigenvalue weighted by molar-refractivity contribution is 0.883. The van der Waals surface area contributed by atoms with E-state index in [9.17, 15) is 0 Å². The smallest absolute Gasteiger partial charge is 0.0101 e. The van der Waals surface area contributed by atoms with Gasteiger partial charge in [0.2, 0.25) is 0 Å². The quantitative estimate of drug-likeness (QED) is 0.379. The van der Waals surface area contributed by atoms with E-state index in [0.717, 1.165) is 19.3 Å². The van der Waals surface area contributed by atoms with E-state index in [0.29, 0.717) is 0 Å². The molecule has 38 valence electrons. The Morgan fingerprint density at radius 2 is 2.29 bits per heavy atom. The topological polar surface area (TPSA) is 0 Å². The zero-order valence-electron chi connectivity index (χ0n) is 4.24. The van der Waals surface area contributed by atoms with E-state index in [1.54, 1.807) is 0 Å². The molecule has 1 heteroatoms. The fourth-order valence-corrected chi connectivity index (χ4v) is 0.366. The molecule has 0 aliphatic rings. The molecule has 2 radical (unpaired) electrons. The number of hydrogen-bond donors (Lipinski definition) is 0. The molecule has 0 bridgehead atoms. The van der Waals surface area contributed by atoms with Crippen LogP contribution in [0.5, 0.6) is 0 Å². The molecule has 0 saturated carbocycles. The van der Waals surface area contributed by atoms with Crippen molar-refractivity contribution in [3.8, 4) is 11.2 Å². The fraction of sp³-hybridized carbons (Fsp3) is 0.500. The standard InChI is InChI=1S/C6H8S/c1-2-3-4-5-6-7/h1-4H2. The first-order valence-corrected chi connectivity index (χ1v) is 2.72. The summed E-state index contributed by atoms with van der Waals surface area (Å²) in [4.78, 5) is 0. The summed E-state index contributed by atoms with van der Waals surface area (Å²) in [6.07, 6.45) is 2.95. The maximum Gasteiger partial charge on any atom is 0.0101 e. The zero-order valence-corrected chi connectivity index (χ0v) is 5.05. The second kappa shape index (κ2) is 5.78. The molecule has 0 saturated heterocycles. The van der Waals surface area contributed by atoms with Crippen molar-refractivity contribution in [1.29, 1.82) is 0 Å². The van der Waals surface area contributed by atoms with Gasteiger partial charge in [0.1, 0.15) is 0 Å². The molecule has 0 aromatic heterocycles. The van der Waals surface area contributed by atoms with E-state index in [1.165, 1.54) is 0 Å². The maximum absolute atomic E-state index is 4.38. The lowest BCUT2D eigenvalue weighted by Gasteiger charge is -1.80. The molecule has 0 heterocycles. The van der Waals surface area contributed by atoms with Crippen molar-refractivity contribution in [2.24, 2.45) is 0 Å². The summed E-state index contributed by atoms with van der Waals surface area (Å²) in [7, 11) is 0. The predicted molar refractivity (Wildman–Crippen MR) is 34.6 cm³/mol. The van der Waals surface area contributed by atoms with Crippen LogP contribution >= 0.6 is 12.6 Å². The minimum absolute atomic E-state index is 0.910. The van der Waals surface area contributed by atoms with Gasteiger partial charge < -0.3 is 0 Å². The van der Waals surface area contributed by atoms with Gasteiger partial charge >= 0.3 is 0 Å². The number of rotatable bonds is 2. The van der Waals surface area contributed by atoms with E-state index in [2.05, 4.69) is 30.7 Å². The highest BCUT2D eigenvalue weighted by Crippen LogP contribution is 1.89. The lowest BCUT2D eigenvalue weighted by atomic mass is 10.3. The summed E-state index contributed by atoms with van der Waals surface area (Å²) in [5.74, 6) is 2.77. The van der Waals surface area contributed by atoms with Crippen molar-refractivity contribution in [3.05, 3.63) is 6.92 Å². The van der Waals surface area contributed by atoms with Gasteiger partial charge in [-0.2, -0.15) is 0 Å². The molecule has 0 atom stereocenters. The molecule has 0 aromatic carbocycles. The summed E-state index contributed by atoms with van der Waals surface area (Å²) < 4.78 is 0. The molecule has 0 unspecified atom stereocenters. The molecule has 0 rings (SSSR count). The van der Waals surface area contributed by atoms with E-state index in [4.69, 9.17) is 0 Å². The van der Waals surface area contributed by atoms with Gasteiger partial charge in [0.25, 0.3) is 0 Å². The molecule has 0 aromatic rings. The van der Waals surface area contributed by atoms with Gasteiger partial charge in [0.15, 0.2) is 0 Å². The van der Waals surface area contributed by atoms with Crippen LogP contribution in [0.25, 0.3) is 0 Å². The average Bonchev–Trinajstić information content (AvgIpc) is 1.69. The van der Waals surface area contributed by atoms with E-state index < -0.39 is 0 Å². The van der Waals surface area contributed by atoms with Crippen LogP contribution in [0.1, 0.15) is 19.3 Å². The van der Waals surface area contributed by atoms with Crippen LogP contribution in [-0.2, 0) is 0 Å². The Kier molecular flexibility index (Phi) is 5.60. The summed E-state index contributed by atoms with van der Waals surface area (Å²) in [6.45, 7) is 3.66. The second-order valence-electron chi connectivity index (χ2n) is 1.24. The van der Waals surface area contributed by atoms with Gasteiger partial charge in [-0.05, 0) is 19.0 Å². The molecule has 0 aliphatic heterocycles. The van der Waals surface area contributed by atoms with Crippen molar-refractivity contribution in [2.75, 3.05) is 0 Å². The highest BCUT2D eigenvalue weighted by Gasteiger charge is 1.73. The molecular formula is C6H8S. The van der Waals surface area contributed by atoms with Crippen molar-refractivity contribution < 1.29 is 0 Å². The number of unbranched alkanes of at least 4 members (excludes halogenated alkanes) is 2. The van der Waals surface area contributed by atoms with Gasteiger partial charge in [0, 0.05) is 11.7 Å². The Labute approximate surface area is 50.7 Å². The Hall–Kier alpha value is -0.220. The van der Waals surface area contributed by atoms with E-state index in [-0.39, 0.29) is 0 Å². The maximum atomic E-state index is 4.38. The SMILES string of the molecule is [CH2]CCCC#C[S]. The van der Waals surface area contributed by atoms with Gasteiger partial charge in [-0.25, -0.2) is 0 Å². The number of hydrogen-bond acceptors (Lipinski definition) is 0. The molecule has 0 amide bonds. The Bertz CT molecular complexity index is 75.9. The molecule has 7 heavy (non-hydrogen) atoms. The Morgan fingerprint density at radius 3 is 2.71 bits per heavy atom. The summed E-state index contributed by atoms with van der Waals surface area (Å²) in [5.41, 5.74) is 0. The van der Waals surface area contributed by atoms with Crippen molar-refractivity contribution in [1.82, 2.24) is 0 Å². The third kappa shape index (κ3) is 5.78. The molecule has 0 spiro atoms. The first-order chi connectivity index (χ1) is 3.41. The molecule has 0 aliphatic carbocycles. The molecular weight excluding hydrogens is 104 g/mol. The van der Waals surface area contributed by atoms with Gasteiger partial charge in [-0.3, -0.25) is 0 Å². The highest BCUT2D eigenvalue weighted by molar-refractivity contribution is 7.85. The van der Waals surface area contributed by atoms with Gasteiger partial charge in [-0.15, -0.1) is 0 Å². The average molecular weight is 112 g/mol. The van der Waals surface area contributed by atoms with Crippen molar-refractivity contribution in [3.63, 3.8) is 0 Å². The Balaban J connectivity index is 2.78. The fourth-order valence-electron chi connectivity index (χ4n) is 0.264.